The lowest BCUT2D eigenvalue weighted by Crippen LogP contribution is -2.42. The van der Waals surface area contributed by atoms with Gasteiger partial charge in [-0.3, -0.25) is 9.59 Å². The first-order valence-corrected chi connectivity index (χ1v) is 9.33. The van der Waals surface area contributed by atoms with Gasteiger partial charge in [0.05, 0.1) is 11.7 Å². The zero-order valence-electron chi connectivity index (χ0n) is 13.7. The quantitative estimate of drug-likeness (QED) is 0.772. The lowest BCUT2D eigenvalue weighted by molar-refractivity contribution is -0.136. The fourth-order valence-corrected chi connectivity index (χ4v) is 3.94. The first-order chi connectivity index (χ1) is 11.5. The van der Waals surface area contributed by atoms with E-state index in [9.17, 15) is 9.59 Å². The Morgan fingerprint density at radius 3 is 2.75 bits per heavy atom. The third kappa shape index (κ3) is 4.30. The summed E-state index contributed by atoms with van der Waals surface area (Å²) in [6.07, 6.45) is 4.45. The number of nitrogens with one attached hydrogen (secondary N) is 1. The standard InChI is InChI=1S/C18H23NO4S/c1-11(18(21)22)24-16-5-3-2-4-14(16)17(20)19-13-8-9-23-15(10-13)12-6-7-12/h2-5,11-13,15H,6-10H2,1H3,(H,19,20)(H,21,22). The zero-order chi connectivity index (χ0) is 17.1. The number of carbonyl (C=O) groups is 2. The molecule has 2 aliphatic rings. The highest BCUT2D eigenvalue weighted by atomic mass is 32.2. The number of hydrogen-bond acceptors (Lipinski definition) is 4. The van der Waals surface area contributed by atoms with Crippen LogP contribution < -0.4 is 5.32 Å². The fourth-order valence-electron chi connectivity index (χ4n) is 3.02. The summed E-state index contributed by atoms with van der Waals surface area (Å²) in [4.78, 5) is 24.4. The van der Waals surface area contributed by atoms with Crippen LogP contribution in [0.15, 0.2) is 29.2 Å². The number of rotatable bonds is 6. The molecule has 1 aromatic rings. The normalized spacial score (nSPS) is 25.0. The van der Waals surface area contributed by atoms with Crippen molar-refractivity contribution < 1.29 is 19.4 Å². The molecule has 3 rings (SSSR count). The van der Waals surface area contributed by atoms with E-state index in [2.05, 4.69) is 5.32 Å². The fraction of sp³-hybridized carbons (Fsp3) is 0.556. The summed E-state index contributed by atoms with van der Waals surface area (Å²) < 4.78 is 5.80. The second-order valence-corrected chi connectivity index (χ2v) is 7.92. The summed E-state index contributed by atoms with van der Waals surface area (Å²) >= 11 is 1.20. The molecule has 24 heavy (non-hydrogen) atoms. The zero-order valence-corrected chi connectivity index (χ0v) is 14.6. The second-order valence-electron chi connectivity index (χ2n) is 6.54. The van der Waals surface area contributed by atoms with Crippen LogP contribution in [0.2, 0.25) is 0 Å². The SMILES string of the molecule is CC(Sc1ccccc1C(=O)NC1CCOC(C2CC2)C1)C(=O)O. The summed E-state index contributed by atoms with van der Waals surface area (Å²) in [7, 11) is 0. The van der Waals surface area contributed by atoms with Crippen molar-refractivity contribution in [1.29, 1.82) is 0 Å². The Balaban J connectivity index is 1.65. The first kappa shape index (κ1) is 17.3. The molecule has 5 nitrogen and oxygen atoms in total. The van der Waals surface area contributed by atoms with Gasteiger partial charge in [0.15, 0.2) is 0 Å². The van der Waals surface area contributed by atoms with Crippen LogP contribution in [0, 0.1) is 5.92 Å². The highest BCUT2D eigenvalue weighted by molar-refractivity contribution is 8.00. The highest BCUT2D eigenvalue weighted by Crippen LogP contribution is 2.38. The molecule has 1 heterocycles. The predicted octanol–water partition coefficient (Wildman–Crippen LogP) is 2.94. The number of thioether (sulfide) groups is 1. The van der Waals surface area contributed by atoms with E-state index < -0.39 is 11.2 Å². The predicted molar refractivity (Wildman–Crippen MR) is 92.3 cm³/mol. The summed E-state index contributed by atoms with van der Waals surface area (Å²) in [5.41, 5.74) is 0.546. The van der Waals surface area contributed by atoms with Gasteiger partial charge in [0, 0.05) is 17.5 Å². The lowest BCUT2D eigenvalue weighted by atomic mass is 9.99. The van der Waals surface area contributed by atoms with E-state index in [0.717, 1.165) is 12.8 Å². The van der Waals surface area contributed by atoms with Crippen LogP contribution in [0.1, 0.15) is 43.0 Å². The van der Waals surface area contributed by atoms with E-state index >= 15 is 0 Å². The van der Waals surface area contributed by atoms with Gasteiger partial charge in [-0.05, 0) is 50.7 Å². The minimum atomic E-state index is -0.882. The van der Waals surface area contributed by atoms with Gasteiger partial charge in [0.2, 0.25) is 0 Å². The van der Waals surface area contributed by atoms with Crippen molar-refractivity contribution >= 4 is 23.6 Å². The smallest absolute Gasteiger partial charge is 0.316 e. The van der Waals surface area contributed by atoms with Gasteiger partial charge in [-0.1, -0.05) is 12.1 Å². The van der Waals surface area contributed by atoms with E-state index in [0.29, 0.717) is 23.0 Å². The average Bonchev–Trinajstić information content (AvgIpc) is 3.40. The molecule has 2 N–H and O–H groups in total. The van der Waals surface area contributed by atoms with Crippen molar-refractivity contribution in [3.63, 3.8) is 0 Å². The van der Waals surface area contributed by atoms with E-state index in [1.165, 1.54) is 24.6 Å². The Hall–Kier alpha value is -1.53. The molecule has 1 saturated heterocycles. The Labute approximate surface area is 146 Å². The monoisotopic (exact) mass is 349 g/mol. The van der Waals surface area contributed by atoms with Crippen molar-refractivity contribution in [3.8, 4) is 0 Å². The molecule has 0 aromatic heterocycles. The summed E-state index contributed by atoms with van der Waals surface area (Å²) in [5, 5.41) is 11.6. The number of carbonyl (C=O) groups excluding carboxylic acids is 1. The van der Waals surface area contributed by atoms with Crippen LogP contribution in [-0.2, 0) is 9.53 Å². The van der Waals surface area contributed by atoms with Gasteiger partial charge >= 0.3 is 5.97 Å². The van der Waals surface area contributed by atoms with Crippen molar-refractivity contribution in [2.45, 2.75) is 54.9 Å². The maximum absolute atomic E-state index is 12.7. The lowest BCUT2D eigenvalue weighted by Gasteiger charge is -2.30. The highest BCUT2D eigenvalue weighted by Gasteiger charge is 2.36. The van der Waals surface area contributed by atoms with Gasteiger partial charge in [-0.15, -0.1) is 11.8 Å². The molecule has 130 valence electrons. The number of benzene rings is 1. The molecule has 0 radical (unpaired) electrons. The maximum atomic E-state index is 12.7. The Kier molecular flexibility index (Phi) is 5.46. The van der Waals surface area contributed by atoms with Crippen LogP contribution in [0.5, 0.6) is 0 Å². The molecule has 6 heteroatoms. The molecule has 1 saturated carbocycles. The largest absolute Gasteiger partial charge is 0.480 e. The third-order valence-electron chi connectivity index (χ3n) is 4.58. The average molecular weight is 349 g/mol. The van der Waals surface area contributed by atoms with Crippen LogP contribution >= 0.6 is 11.8 Å². The number of carboxylic acid groups (broad SMARTS) is 1. The number of carboxylic acids is 1. The number of amides is 1. The van der Waals surface area contributed by atoms with Crippen LogP contribution in [0.3, 0.4) is 0 Å². The molecule has 3 unspecified atom stereocenters. The van der Waals surface area contributed by atoms with Crippen molar-refractivity contribution in [2.24, 2.45) is 5.92 Å². The maximum Gasteiger partial charge on any atom is 0.316 e. The summed E-state index contributed by atoms with van der Waals surface area (Å²) in [6.45, 7) is 2.32. The summed E-state index contributed by atoms with van der Waals surface area (Å²) in [6, 6.07) is 7.32. The molecule has 3 atom stereocenters. The molecule has 2 fully saturated rings. The molecule has 1 aliphatic carbocycles. The minimum absolute atomic E-state index is 0.128. The van der Waals surface area contributed by atoms with Gasteiger partial charge in [0.25, 0.3) is 5.91 Å². The molecular weight excluding hydrogens is 326 g/mol. The Morgan fingerprint density at radius 1 is 1.29 bits per heavy atom. The first-order valence-electron chi connectivity index (χ1n) is 8.45. The van der Waals surface area contributed by atoms with Crippen molar-refractivity contribution in [2.75, 3.05) is 6.61 Å². The summed E-state index contributed by atoms with van der Waals surface area (Å²) in [5.74, 6) is -0.340. The molecule has 1 aliphatic heterocycles. The number of aliphatic carboxylic acids is 1. The Morgan fingerprint density at radius 2 is 2.04 bits per heavy atom. The molecule has 0 spiro atoms. The van der Waals surface area contributed by atoms with E-state index in [1.807, 2.05) is 6.07 Å². The molecular formula is C18H23NO4S. The molecule has 1 amide bonds. The molecule has 1 aromatic carbocycles. The van der Waals surface area contributed by atoms with Crippen LogP contribution in [0.25, 0.3) is 0 Å². The van der Waals surface area contributed by atoms with Gasteiger partial charge in [0.1, 0.15) is 5.25 Å². The molecule has 0 bridgehead atoms. The number of hydrogen-bond donors (Lipinski definition) is 2. The number of ether oxygens (including phenoxy) is 1. The van der Waals surface area contributed by atoms with Crippen molar-refractivity contribution in [1.82, 2.24) is 5.32 Å². The Bertz CT molecular complexity index is 617. The van der Waals surface area contributed by atoms with Gasteiger partial charge in [-0.2, -0.15) is 0 Å². The minimum Gasteiger partial charge on any atom is -0.480 e. The topological polar surface area (TPSA) is 75.6 Å². The van der Waals surface area contributed by atoms with E-state index in [4.69, 9.17) is 9.84 Å². The van der Waals surface area contributed by atoms with Gasteiger partial charge in [-0.25, -0.2) is 0 Å². The van der Waals surface area contributed by atoms with E-state index in [-0.39, 0.29) is 18.1 Å². The van der Waals surface area contributed by atoms with Crippen LogP contribution in [0.4, 0.5) is 0 Å². The third-order valence-corrected chi connectivity index (χ3v) is 5.75. The van der Waals surface area contributed by atoms with Crippen molar-refractivity contribution in [3.05, 3.63) is 29.8 Å². The van der Waals surface area contributed by atoms with Gasteiger partial charge < -0.3 is 15.2 Å². The van der Waals surface area contributed by atoms with Crippen LogP contribution in [-0.4, -0.2) is 41.0 Å². The van der Waals surface area contributed by atoms with E-state index in [1.54, 1.807) is 25.1 Å². The second kappa shape index (κ2) is 7.57.